The second-order valence-corrected chi connectivity index (χ2v) is 17.1. The first-order valence-electron chi connectivity index (χ1n) is 22.4. The van der Waals surface area contributed by atoms with Gasteiger partial charge in [-0.2, -0.15) is 0 Å². The van der Waals surface area contributed by atoms with Gasteiger partial charge in [-0.25, -0.2) is 0 Å². The van der Waals surface area contributed by atoms with Gasteiger partial charge < -0.3 is 13.7 Å². The van der Waals surface area contributed by atoms with Crippen LogP contribution in [-0.2, 0) is 0 Å². The average Bonchev–Trinajstić information content (AvgIpc) is 3.98. The fourth-order valence-corrected chi connectivity index (χ4v) is 10.3. The van der Waals surface area contributed by atoms with Crippen molar-refractivity contribution < 1.29 is 8.83 Å². The van der Waals surface area contributed by atoms with Crippen molar-refractivity contribution in [2.45, 2.75) is 12.3 Å². The molecule has 0 radical (unpaired) electrons. The van der Waals surface area contributed by atoms with Crippen LogP contribution in [0, 0.1) is 0 Å². The van der Waals surface area contributed by atoms with Gasteiger partial charge in [0, 0.05) is 44.3 Å². The Morgan fingerprint density at radius 2 is 0.908 bits per heavy atom. The molecule has 0 N–H and O–H groups in total. The summed E-state index contributed by atoms with van der Waals surface area (Å²) in [5.74, 6) is 0.217. The molecule has 2 aromatic heterocycles. The molecule has 0 amide bonds. The maximum Gasteiger partial charge on any atom is 0.160 e. The van der Waals surface area contributed by atoms with Crippen molar-refractivity contribution in [1.82, 2.24) is 0 Å². The molecule has 0 saturated heterocycles. The number of hydrogen-bond acceptors (Lipinski definition) is 3. The van der Waals surface area contributed by atoms with Crippen LogP contribution in [0.2, 0.25) is 0 Å². The lowest BCUT2D eigenvalue weighted by Gasteiger charge is -2.27. The third-order valence-corrected chi connectivity index (χ3v) is 13.3. The Hall–Kier alpha value is -8.40. The Labute approximate surface area is 376 Å². The highest BCUT2D eigenvalue weighted by Crippen LogP contribution is 2.51. The standard InChI is InChI=1S/C62H41NO2/c1-4-17-40(18-5-1)41-33-35-42(36-34-41)45-25-14-26-48(37-45)63(55-38-46-23-10-12-27-49(46)57-53-31-15-29-51(59(53)64-61(55)57)43-19-6-2-7-20-43)56-39-47-24-11-13-28-50(47)58-54-32-16-30-52(60(54)65-62(56)58)44-21-8-3-9-22-44/h1-21,23-39,44H,22H2. The fourth-order valence-electron chi connectivity index (χ4n) is 10.3. The van der Waals surface area contributed by atoms with Crippen molar-refractivity contribution >= 4 is 82.5 Å². The lowest BCUT2D eigenvalue weighted by atomic mass is 9.91. The third-order valence-electron chi connectivity index (χ3n) is 13.3. The first-order valence-corrected chi connectivity index (χ1v) is 22.4. The van der Waals surface area contributed by atoms with Crippen LogP contribution in [-0.4, -0.2) is 0 Å². The first kappa shape index (κ1) is 37.2. The molecule has 10 aromatic carbocycles. The highest BCUT2D eigenvalue weighted by Gasteiger charge is 2.28. The Balaban J connectivity index is 1.12. The maximum absolute atomic E-state index is 7.38. The molecule has 12 aromatic rings. The van der Waals surface area contributed by atoms with Crippen molar-refractivity contribution in [2.75, 3.05) is 4.90 Å². The molecule has 0 spiro atoms. The number of furan rings is 2. The zero-order chi connectivity index (χ0) is 42.8. The van der Waals surface area contributed by atoms with Gasteiger partial charge in [-0.05, 0) is 80.0 Å². The minimum absolute atomic E-state index is 0.217. The maximum atomic E-state index is 7.38. The van der Waals surface area contributed by atoms with Crippen LogP contribution in [0.1, 0.15) is 17.9 Å². The lowest BCUT2D eigenvalue weighted by Crippen LogP contribution is -2.11. The Morgan fingerprint density at radius 1 is 0.385 bits per heavy atom. The van der Waals surface area contributed by atoms with Gasteiger partial charge in [0.2, 0.25) is 0 Å². The number of fused-ring (bicyclic) bond motifs is 10. The van der Waals surface area contributed by atoms with Crippen LogP contribution in [0.5, 0.6) is 0 Å². The van der Waals surface area contributed by atoms with Crippen LogP contribution in [0.4, 0.5) is 17.1 Å². The summed E-state index contributed by atoms with van der Waals surface area (Å²) in [6.45, 7) is 0. The molecule has 1 unspecified atom stereocenters. The van der Waals surface area contributed by atoms with Crippen molar-refractivity contribution in [1.29, 1.82) is 0 Å². The first-order chi connectivity index (χ1) is 32.2. The Bertz CT molecular complexity index is 3850. The number of para-hydroxylation sites is 2. The summed E-state index contributed by atoms with van der Waals surface area (Å²) in [5, 5.41) is 8.96. The molecule has 0 fully saturated rings. The molecule has 3 nitrogen and oxygen atoms in total. The van der Waals surface area contributed by atoms with E-state index in [0.717, 1.165) is 111 Å². The van der Waals surface area contributed by atoms with E-state index in [-0.39, 0.29) is 5.92 Å². The minimum atomic E-state index is 0.217. The smallest absolute Gasteiger partial charge is 0.160 e. The molecule has 13 rings (SSSR count). The van der Waals surface area contributed by atoms with E-state index in [1.807, 2.05) is 0 Å². The van der Waals surface area contributed by atoms with Crippen LogP contribution < -0.4 is 4.90 Å². The van der Waals surface area contributed by atoms with Gasteiger partial charge in [0.1, 0.15) is 11.2 Å². The summed E-state index contributed by atoms with van der Waals surface area (Å²) in [5.41, 5.74) is 14.3. The molecule has 0 aliphatic heterocycles. The summed E-state index contributed by atoms with van der Waals surface area (Å²) >= 11 is 0. The molecule has 0 bridgehead atoms. The lowest BCUT2D eigenvalue weighted by molar-refractivity contribution is 0.657. The SMILES string of the molecule is C1=CCC(c2cccc3c2oc2c(N(c4cccc(-c5ccc(-c6ccccc6)cc5)c4)c4cc5ccccc5c5c4oc4c(-c6ccccc6)cccc45)cc4ccccc4c23)C=C1. The molecule has 65 heavy (non-hydrogen) atoms. The predicted octanol–water partition coefficient (Wildman–Crippen LogP) is 17.9. The van der Waals surface area contributed by atoms with E-state index in [1.54, 1.807) is 0 Å². The Morgan fingerprint density at radius 3 is 1.57 bits per heavy atom. The summed E-state index contributed by atoms with van der Waals surface area (Å²) < 4.78 is 14.7. The number of rotatable bonds is 7. The zero-order valence-electron chi connectivity index (χ0n) is 35.5. The number of nitrogens with zero attached hydrogens (tertiary/aromatic N) is 1. The second kappa shape index (κ2) is 15.1. The average molecular weight is 832 g/mol. The van der Waals surface area contributed by atoms with Gasteiger partial charge in [-0.3, -0.25) is 0 Å². The van der Waals surface area contributed by atoms with E-state index < -0.39 is 0 Å². The van der Waals surface area contributed by atoms with Crippen molar-refractivity contribution in [3.05, 3.63) is 236 Å². The van der Waals surface area contributed by atoms with Gasteiger partial charge in [-0.15, -0.1) is 0 Å². The van der Waals surface area contributed by atoms with Crippen LogP contribution in [0.3, 0.4) is 0 Å². The van der Waals surface area contributed by atoms with Crippen LogP contribution in [0.25, 0.3) is 98.8 Å². The summed E-state index contributed by atoms with van der Waals surface area (Å²) in [6.07, 6.45) is 9.76. The molecule has 1 aliphatic carbocycles. The van der Waals surface area contributed by atoms with E-state index >= 15 is 0 Å². The van der Waals surface area contributed by atoms with Crippen molar-refractivity contribution in [3.63, 3.8) is 0 Å². The molecule has 1 atom stereocenters. The van der Waals surface area contributed by atoms with E-state index in [2.05, 4.69) is 235 Å². The minimum Gasteiger partial charge on any atom is -0.454 e. The quantitative estimate of drug-likeness (QED) is 0.160. The topological polar surface area (TPSA) is 29.5 Å². The van der Waals surface area contributed by atoms with Gasteiger partial charge in [0.25, 0.3) is 0 Å². The molecule has 306 valence electrons. The molecule has 2 heterocycles. The van der Waals surface area contributed by atoms with Crippen molar-refractivity contribution in [2.24, 2.45) is 0 Å². The van der Waals surface area contributed by atoms with Crippen LogP contribution in [0.15, 0.2) is 239 Å². The number of hydrogen-bond donors (Lipinski definition) is 0. The van der Waals surface area contributed by atoms with E-state index in [9.17, 15) is 0 Å². The fraction of sp³-hybridized carbons (Fsp3) is 0.0323. The molecular formula is C62H41NO2. The van der Waals surface area contributed by atoms with Gasteiger partial charge in [0.05, 0.1) is 11.4 Å². The summed E-state index contributed by atoms with van der Waals surface area (Å²) in [4.78, 5) is 2.39. The molecular weight excluding hydrogens is 791 g/mol. The molecule has 0 saturated carbocycles. The van der Waals surface area contributed by atoms with Crippen LogP contribution >= 0.6 is 0 Å². The predicted molar refractivity (Wildman–Crippen MR) is 273 cm³/mol. The van der Waals surface area contributed by atoms with Gasteiger partial charge >= 0.3 is 0 Å². The highest BCUT2D eigenvalue weighted by atomic mass is 16.3. The third kappa shape index (κ3) is 6.12. The largest absolute Gasteiger partial charge is 0.454 e. The van der Waals surface area contributed by atoms with Gasteiger partial charge in [0.15, 0.2) is 11.2 Å². The molecule has 1 aliphatic rings. The van der Waals surface area contributed by atoms with E-state index in [4.69, 9.17) is 8.83 Å². The number of benzene rings is 10. The van der Waals surface area contributed by atoms with Gasteiger partial charge in [-0.1, -0.05) is 206 Å². The number of anilines is 3. The summed E-state index contributed by atoms with van der Waals surface area (Å²) in [6, 6.07) is 74.1. The van der Waals surface area contributed by atoms with Crippen molar-refractivity contribution in [3.8, 4) is 33.4 Å². The second-order valence-electron chi connectivity index (χ2n) is 17.1. The van der Waals surface area contributed by atoms with E-state index in [0.29, 0.717) is 0 Å². The Kier molecular flexibility index (Phi) is 8.67. The van der Waals surface area contributed by atoms with E-state index in [1.165, 1.54) is 16.7 Å². The zero-order valence-corrected chi connectivity index (χ0v) is 35.5. The summed E-state index contributed by atoms with van der Waals surface area (Å²) in [7, 11) is 0. The highest BCUT2D eigenvalue weighted by molar-refractivity contribution is 6.27. The molecule has 3 heteroatoms. The normalized spacial score (nSPS) is 13.8. The monoisotopic (exact) mass is 831 g/mol. The number of allylic oxidation sites excluding steroid dienone is 4.